The molecule has 0 aliphatic carbocycles. The zero-order valence-electron chi connectivity index (χ0n) is 12.4. The molecule has 21 heavy (non-hydrogen) atoms. The van der Waals surface area contributed by atoms with E-state index < -0.39 is 0 Å². The molecular weight excluding hydrogens is 286 g/mol. The van der Waals surface area contributed by atoms with Crippen LogP contribution in [0.3, 0.4) is 0 Å². The molecule has 1 saturated heterocycles. The van der Waals surface area contributed by atoms with Crippen molar-refractivity contribution < 1.29 is 9.53 Å². The van der Waals surface area contributed by atoms with Gasteiger partial charge < -0.3 is 15.4 Å². The van der Waals surface area contributed by atoms with E-state index in [4.69, 9.17) is 4.74 Å². The van der Waals surface area contributed by atoms with E-state index in [0.717, 1.165) is 34.0 Å². The summed E-state index contributed by atoms with van der Waals surface area (Å²) in [6.45, 7) is 5.78. The molecular formula is C15H19N3O2S. The van der Waals surface area contributed by atoms with Gasteiger partial charge in [-0.2, -0.15) is 0 Å². The molecule has 1 aromatic carbocycles. The van der Waals surface area contributed by atoms with Gasteiger partial charge in [-0.1, -0.05) is 6.92 Å². The van der Waals surface area contributed by atoms with Gasteiger partial charge in [-0.3, -0.25) is 4.79 Å². The highest BCUT2D eigenvalue weighted by Crippen LogP contribution is 2.33. The normalized spacial score (nSPS) is 16.5. The van der Waals surface area contributed by atoms with E-state index in [1.165, 1.54) is 0 Å². The van der Waals surface area contributed by atoms with Gasteiger partial charge in [-0.05, 0) is 32.0 Å². The minimum Gasteiger partial charge on any atom is -0.494 e. The Kier molecular flexibility index (Phi) is 3.82. The highest BCUT2D eigenvalue weighted by Gasteiger charge is 2.29. The van der Waals surface area contributed by atoms with E-state index in [9.17, 15) is 4.79 Å². The van der Waals surface area contributed by atoms with Crippen molar-refractivity contribution in [2.24, 2.45) is 11.8 Å². The van der Waals surface area contributed by atoms with Crippen molar-refractivity contribution in [3.8, 4) is 5.75 Å². The highest BCUT2D eigenvalue weighted by molar-refractivity contribution is 7.18. The number of benzene rings is 1. The molecule has 1 fully saturated rings. The monoisotopic (exact) mass is 305 g/mol. The van der Waals surface area contributed by atoms with Crippen LogP contribution in [0, 0.1) is 18.8 Å². The molecule has 0 bridgehead atoms. The number of hydrogen-bond donors (Lipinski definition) is 2. The summed E-state index contributed by atoms with van der Waals surface area (Å²) in [5.74, 6) is 1.11. The maximum atomic E-state index is 12.3. The average molecular weight is 305 g/mol. The van der Waals surface area contributed by atoms with Crippen molar-refractivity contribution in [3.63, 3.8) is 0 Å². The summed E-state index contributed by atoms with van der Waals surface area (Å²) in [6, 6.07) is 3.83. The molecule has 112 valence electrons. The van der Waals surface area contributed by atoms with Gasteiger partial charge in [-0.25, -0.2) is 4.98 Å². The number of ether oxygens (including phenoxy) is 1. The fourth-order valence-corrected chi connectivity index (χ4v) is 3.31. The van der Waals surface area contributed by atoms with Crippen LogP contribution >= 0.6 is 11.3 Å². The zero-order chi connectivity index (χ0) is 15.0. The number of nitrogens with zero attached hydrogens (tertiary/aromatic N) is 1. The Balaban J connectivity index is 1.86. The quantitative estimate of drug-likeness (QED) is 0.910. The van der Waals surface area contributed by atoms with Crippen LogP contribution in [0.4, 0.5) is 5.69 Å². The number of carbonyl (C=O) groups is 1. The van der Waals surface area contributed by atoms with Gasteiger partial charge in [0.05, 0.1) is 28.0 Å². The van der Waals surface area contributed by atoms with Crippen LogP contribution in [-0.2, 0) is 4.79 Å². The maximum Gasteiger partial charge on any atom is 0.227 e. The first-order valence-corrected chi connectivity index (χ1v) is 7.87. The van der Waals surface area contributed by atoms with Crippen LogP contribution in [0.5, 0.6) is 5.75 Å². The Morgan fingerprint density at radius 3 is 2.90 bits per heavy atom. The Labute approximate surface area is 127 Å². The van der Waals surface area contributed by atoms with E-state index in [-0.39, 0.29) is 11.8 Å². The van der Waals surface area contributed by atoms with Gasteiger partial charge in [0.25, 0.3) is 0 Å². The molecule has 2 N–H and O–H groups in total. The Bertz CT molecular complexity index is 679. The predicted molar refractivity (Wildman–Crippen MR) is 85.1 cm³/mol. The van der Waals surface area contributed by atoms with Gasteiger partial charge in [-0.15, -0.1) is 11.3 Å². The van der Waals surface area contributed by atoms with Crippen molar-refractivity contribution >= 4 is 33.1 Å². The minimum atomic E-state index is -0.00477. The van der Waals surface area contributed by atoms with Crippen molar-refractivity contribution in [1.82, 2.24) is 10.3 Å². The number of aromatic nitrogens is 1. The lowest BCUT2D eigenvalue weighted by Gasteiger charge is -2.31. The molecule has 2 aromatic rings. The summed E-state index contributed by atoms with van der Waals surface area (Å²) in [5.41, 5.74) is 1.63. The summed E-state index contributed by atoms with van der Waals surface area (Å²) in [6.07, 6.45) is 0. The second-order valence-corrected chi connectivity index (χ2v) is 6.68. The lowest BCUT2D eigenvalue weighted by Crippen LogP contribution is -2.48. The molecule has 1 atom stereocenters. The number of rotatable bonds is 4. The fourth-order valence-electron chi connectivity index (χ4n) is 2.46. The third-order valence-corrected chi connectivity index (χ3v) is 4.94. The molecule has 3 rings (SSSR count). The standard InChI is InChI=1S/C15H19N3O2S/c1-8(10-6-16-7-10)15(19)18-11-5-14-12(4-13(11)20-3)17-9(2)21-14/h4-5,8,10,16H,6-7H2,1-3H3,(H,18,19). The molecule has 0 spiro atoms. The number of amides is 1. The molecule has 6 heteroatoms. The van der Waals surface area contributed by atoms with Crippen LogP contribution in [0.25, 0.3) is 10.2 Å². The largest absolute Gasteiger partial charge is 0.494 e. The molecule has 1 unspecified atom stereocenters. The van der Waals surface area contributed by atoms with Crippen molar-refractivity contribution in [1.29, 1.82) is 0 Å². The minimum absolute atomic E-state index is 0.00477. The van der Waals surface area contributed by atoms with Crippen molar-refractivity contribution in [3.05, 3.63) is 17.1 Å². The van der Waals surface area contributed by atoms with E-state index >= 15 is 0 Å². The predicted octanol–water partition coefficient (Wildman–Crippen LogP) is 2.41. The van der Waals surface area contributed by atoms with Crippen LogP contribution in [-0.4, -0.2) is 31.1 Å². The van der Waals surface area contributed by atoms with E-state index in [1.807, 2.05) is 26.0 Å². The fraction of sp³-hybridized carbons (Fsp3) is 0.467. The van der Waals surface area contributed by atoms with Crippen molar-refractivity contribution in [2.45, 2.75) is 13.8 Å². The number of methoxy groups -OCH3 is 1. The molecule has 1 aliphatic rings. The van der Waals surface area contributed by atoms with Crippen LogP contribution in [0.15, 0.2) is 12.1 Å². The van der Waals surface area contributed by atoms with Gasteiger partial charge in [0, 0.05) is 12.0 Å². The Morgan fingerprint density at radius 1 is 1.52 bits per heavy atom. The second kappa shape index (κ2) is 5.61. The lowest BCUT2D eigenvalue weighted by atomic mass is 9.88. The summed E-state index contributed by atoms with van der Waals surface area (Å²) < 4.78 is 6.44. The molecule has 5 nitrogen and oxygen atoms in total. The maximum absolute atomic E-state index is 12.3. The number of hydrogen-bond acceptors (Lipinski definition) is 5. The van der Waals surface area contributed by atoms with Gasteiger partial charge >= 0.3 is 0 Å². The summed E-state index contributed by atoms with van der Waals surface area (Å²) in [5, 5.41) is 7.20. The first-order chi connectivity index (χ1) is 10.1. The molecule has 1 aliphatic heterocycles. The lowest BCUT2D eigenvalue weighted by molar-refractivity contribution is -0.121. The number of fused-ring (bicyclic) bond motifs is 1. The molecule has 2 heterocycles. The molecule has 1 aromatic heterocycles. The SMILES string of the molecule is COc1cc2nc(C)sc2cc1NC(=O)C(C)C1CNC1. The van der Waals surface area contributed by atoms with Crippen LogP contribution < -0.4 is 15.4 Å². The van der Waals surface area contributed by atoms with Gasteiger partial charge in [0.15, 0.2) is 0 Å². The van der Waals surface area contributed by atoms with Crippen molar-refractivity contribution in [2.75, 3.05) is 25.5 Å². The highest BCUT2D eigenvalue weighted by atomic mass is 32.1. The Morgan fingerprint density at radius 2 is 2.29 bits per heavy atom. The zero-order valence-corrected chi connectivity index (χ0v) is 13.2. The van der Waals surface area contributed by atoms with Gasteiger partial charge in [0.1, 0.15) is 5.75 Å². The van der Waals surface area contributed by atoms with E-state index in [0.29, 0.717) is 11.7 Å². The van der Waals surface area contributed by atoms with E-state index in [1.54, 1.807) is 18.4 Å². The summed E-state index contributed by atoms with van der Waals surface area (Å²) >= 11 is 1.61. The summed E-state index contributed by atoms with van der Waals surface area (Å²) in [4.78, 5) is 16.8. The topological polar surface area (TPSA) is 63.2 Å². The van der Waals surface area contributed by atoms with E-state index in [2.05, 4.69) is 15.6 Å². The average Bonchev–Trinajstić information content (AvgIpc) is 2.74. The van der Waals surface area contributed by atoms with Crippen LogP contribution in [0.2, 0.25) is 0 Å². The number of nitrogens with one attached hydrogen (secondary N) is 2. The number of anilines is 1. The Hall–Kier alpha value is -1.66. The van der Waals surface area contributed by atoms with Crippen LogP contribution in [0.1, 0.15) is 11.9 Å². The number of aryl methyl sites for hydroxylation is 1. The molecule has 1 amide bonds. The molecule has 0 saturated carbocycles. The number of thiazole rings is 1. The number of carbonyl (C=O) groups excluding carboxylic acids is 1. The first kappa shape index (κ1) is 14.3. The van der Waals surface area contributed by atoms with Gasteiger partial charge in [0.2, 0.25) is 5.91 Å². The third-order valence-electron chi connectivity index (χ3n) is 4.01. The first-order valence-electron chi connectivity index (χ1n) is 7.05. The smallest absolute Gasteiger partial charge is 0.227 e. The third kappa shape index (κ3) is 2.73. The second-order valence-electron chi connectivity index (χ2n) is 5.45. The molecule has 0 radical (unpaired) electrons. The summed E-state index contributed by atoms with van der Waals surface area (Å²) in [7, 11) is 1.61.